The lowest BCUT2D eigenvalue weighted by atomic mass is 10.1. The first-order valence-electron chi connectivity index (χ1n) is 5.86. The highest BCUT2D eigenvalue weighted by atomic mass is 16.5. The summed E-state index contributed by atoms with van der Waals surface area (Å²) in [6, 6.07) is 12.1. The van der Waals surface area contributed by atoms with Crippen LogP contribution in [0.2, 0.25) is 0 Å². The van der Waals surface area contributed by atoms with Crippen molar-refractivity contribution in [2.75, 3.05) is 7.11 Å². The van der Waals surface area contributed by atoms with Crippen molar-refractivity contribution in [3.8, 4) is 17.0 Å². The van der Waals surface area contributed by atoms with Crippen LogP contribution in [-0.4, -0.2) is 16.5 Å². The third-order valence-corrected chi connectivity index (χ3v) is 3.02. The molecule has 0 amide bonds. The van der Waals surface area contributed by atoms with Crippen molar-refractivity contribution in [3.05, 3.63) is 54.4 Å². The van der Waals surface area contributed by atoms with Gasteiger partial charge in [-0.05, 0) is 30.7 Å². The highest BCUT2D eigenvalue weighted by Crippen LogP contribution is 2.24. The van der Waals surface area contributed by atoms with Gasteiger partial charge in [0, 0.05) is 11.8 Å². The molecular formula is C15H14N2O. The lowest BCUT2D eigenvalue weighted by Crippen LogP contribution is -1.90. The van der Waals surface area contributed by atoms with Gasteiger partial charge < -0.3 is 4.74 Å². The molecule has 0 saturated heterocycles. The SMILES string of the molecule is COc1cccc(-c2cnc3ccc(C)cn23)c1. The molecule has 0 bridgehead atoms. The Morgan fingerprint density at radius 2 is 2.06 bits per heavy atom. The number of imidazole rings is 1. The second-order valence-corrected chi connectivity index (χ2v) is 4.31. The predicted molar refractivity (Wildman–Crippen MR) is 71.9 cm³/mol. The first-order chi connectivity index (χ1) is 8.78. The molecule has 0 aliphatic heterocycles. The third-order valence-electron chi connectivity index (χ3n) is 3.02. The molecule has 0 aliphatic rings. The summed E-state index contributed by atoms with van der Waals surface area (Å²) >= 11 is 0. The zero-order valence-electron chi connectivity index (χ0n) is 10.4. The number of pyridine rings is 1. The van der Waals surface area contributed by atoms with E-state index in [2.05, 4.69) is 34.6 Å². The number of nitrogens with zero attached hydrogens (tertiary/aromatic N) is 2. The summed E-state index contributed by atoms with van der Waals surface area (Å²) in [5, 5.41) is 0. The van der Waals surface area contributed by atoms with Crippen molar-refractivity contribution in [1.29, 1.82) is 0 Å². The molecule has 0 N–H and O–H groups in total. The standard InChI is InChI=1S/C15H14N2O/c1-11-6-7-15-16-9-14(17(15)10-11)12-4-3-5-13(8-12)18-2/h3-10H,1-2H3. The van der Waals surface area contributed by atoms with Gasteiger partial charge in [-0.1, -0.05) is 18.2 Å². The Morgan fingerprint density at radius 3 is 2.89 bits per heavy atom. The molecule has 0 fully saturated rings. The minimum Gasteiger partial charge on any atom is -0.497 e. The summed E-state index contributed by atoms with van der Waals surface area (Å²) in [5.41, 5.74) is 4.35. The van der Waals surface area contributed by atoms with Crippen LogP contribution in [0.1, 0.15) is 5.56 Å². The van der Waals surface area contributed by atoms with Gasteiger partial charge in [0.15, 0.2) is 0 Å². The number of fused-ring (bicyclic) bond motifs is 1. The van der Waals surface area contributed by atoms with Crippen molar-refractivity contribution in [2.45, 2.75) is 6.92 Å². The molecule has 0 radical (unpaired) electrons. The van der Waals surface area contributed by atoms with Crippen molar-refractivity contribution >= 4 is 5.65 Å². The summed E-state index contributed by atoms with van der Waals surface area (Å²) in [7, 11) is 1.68. The minimum atomic E-state index is 0.857. The number of ether oxygens (including phenoxy) is 1. The van der Waals surface area contributed by atoms with Crippen LogP contribution in [0.5, 0.6) is 5.75 Å². The highest BCUT2D eigenvalue weighted by molar-refractivity contribution is 5.65. The van der Waals surface area contributed by atoms with Gasteiger partial charge in [0.05, 0.1) is 19.0 Å². The van der Waals surface area contributed by atoms with Crippen molar-refractivity contribution in [3.63, 3.8) is 0 Å². The van der Waals surface area contributed by atoms with Gasteiger partial charge >= 0.3 is 0 Å². The molecule has 3 rings (SSSR count). The van der Waals surface area contributed by atoms with Crippen molar-refractivity contribution in [2.24, 2.45) is 0 Å². The molecule has 0 spiro atoms. The average Bonchev–Trinajstić information content (AvgIpc) is 2.81. The molecule has 18 heavy (non-hydrogen) atoms. The van der Waals surface area contributed by atoms with E-state index < -0.39 is 0 Å². The van der Waals surface area contributed by atoms with Gasteiger partial charge in [-0.3, -0.25) is 4.40 Å². The largest absolute Gasteiger partial charge is 0.497 e. The van der Waals surface area contributed by atoms with Crippen LogP contribution in [-0.2, 0) is 0 Å². The van der Waals surface area contributed by atoms with Crippen LogP contribution < -0.4 is 4.74 Å². The monoisotopic (exact) mass is 238 g/mol. The Kier molecular flexibility index (Phi) is 2.52. The molecule has 2 heterocycles. The quantitative estimate of drug-likeness (QED) is 0.684. The fraction of sp³-hybridized carbons (Fsp3) is 0.133. The van der Waals surface area contributed by atoms with Gasteiger partial charge in [0.1, 0.15) is 11.4 Å². The molecule has 0 atom stereocenters. The fourth-order valence-electron chi connectivity index (χ4n) is 2.08. The smallest absolute Gasteiger partial charge is 0.137 e. The number of hydrogen-bond acceptors (Lipinski definition) is 2. The summed E-state index contributed by atoms with van der Waals surface area (Å²) in [5.74, 6) is 0.857. The lowest BCUT2D eigenvalue weighted by Gasteiger charge is -2.05. The van der Waals surface area contributed by atoms with Gasteiger partial charge in [-0.25, -0.2) is 4.98 Å². The van der Waals surface area contributed by atoms with Gasteiger partial charge in [0.25, 0.3) is 0 Å². The van der Waals surface area contributed by atoms with Gasteiger partial charge in [0.2, 0.25) is 0 Å². The van der Waals surface area contributed by atoms with E-state index in [1.807, 2.05) is 30.5 Å². The van der Waals surface area contributed by atoms with E-state index in [4.69, 9.17) is 4.74 Å². The Bertz CT molecular complexity index is 701. The van der Waals surface area contributed by atoms with Crippen molar-refractivity contribution < 1.29 is 4.74 Å². The third kappa shape index (κ3) is 1.74. The normalized spacial score (nSPS) is 10.8. The average molecular weight is 238 g/mol. The molecule has 0 saturated carbocycles. The Balaban J connectivity index is 2.21. The number of aromatic nitrogens is 2. The van der Waals surface area contributed by atoms with Crippen LogP contribution in [0.4, 0.5) is 0 Å². The van der Waals surface area contributed by atoms with Crippen LogP contribution >= 0.6 is 0 Å². The summed E-state index contributed by atoms with van der Waals surface area (Å²) in [6.45, 7) is 2.08. The van der Waals surface area contributed by atoms with E-state index in [1.165, 1.54) is 5.56 Å². The predicted octanol–water partition coefficient (Wildman–Crippen LogP) is 3.32. The number of rotatable bonds is 2. The van der Waals surface area contributed by atoms with Crippen LogP contribution in [0.15, 0.2) is 48.8 Å². The van der Waals surface area contributed by atoms with Crippen LogP contribution in [0.25, 0.3) is 16.9 Å². The molecule has 2 aromatic heterocycles. The maximum absolute atomic E-state index is 5.26. The summed E-state index contributed by atoms with van der Waals surface area (Å²) in [6.07, 6.45) is 3.99. The number of hydrogen-bond donors (Lipinski definition) is 0. The minimum absolute atomic E-state index is 0.857. The second kappa shape index (κ2) is 4.18. The lowest BCUT2D eigenvalue weighted by molar-refractivity contribution is 0.415. The molecule has 90 valence electrons. The molecule has 3 heteroatoms. The van der Waals surface area contributed by atoms with E-state index in [0.29, 0.717) is 0 Å². The topological polar surface area (TPSA) is 26.5 Å². The molecule has 3 nitrogen and oxygen atoms in total. The Morgan fingerprint density at radius 1 is 1.17 bits per heavy atom. The van der Waals surface area contributed by atoms with Crippen LogP contribution in [0, 0.1) is 6.92 Å². The van der Waals surface area contributed by atoms with Crippen molar-refractivity contribution in [1.82, 2.24) is 9.38 Å². The summed E-state index contributed by atoms with van der Waals surface area (Å²) < 4.78 is 7.36. The van der Waals surface area contributed by atoms with Gasteiger partial charge in [-0.2, -0.15) is 0 Å². The Labute approximate surface area is 106 Å². The molecule has 0 aliphatic carbocycles. The van der Waals surface area contributed by atoms with Gasteiger partial charge in [-0.15, -0.1) is 0 Å². The highest BCUT2D eigenvalue weighted by Gasteiger charge is 2.06. The zero-order valence-corrected chi connectivity index (χ0v) is 10.4. The Hall–Kier alpha value is -2.29. The molecular weight excluding hydrogens is 224 g/mol. The molecule has 3 aromatic rings. The number of benzene rings is 1. The first-order valence-corrected chi connectivity index (χ1v) is 5.86. The van der Waals surface area contributed by atoms with E-state index in [9.17, 15) is 0 Å². The number of aryl methyl sites for hydroxylation is 1. The molecule has 0 unspecified atom stereocenters. The summed E-state index contributed by atoms with van der Waals surface area (Å²) in [4.78, 5) is 4.41. The fourth-order valence-corrected chi connectivity index (χ4v) is 2.08. The number of methoxy groups -OCH3 is 1. The van der Waals surface area contributed by atoms with Crippen LogP contribution in [0.3, 0.4) is 0 Å². The van der Waals surface area contributed by atoms with E-state index in [-0.39, 0.29) is 0 Å². The maximum Gasteiger partial charge on any atom is 0.137 e. The van der Waals surface area contributed by atoms with E-state index in [0.717, 1.165) is 22.7 Å². The second-order valence-electron chi connectivity index (χ2n) is 4.31. The first kappa shape index (κ1) is 10.8. The molecule has 1 aromatic carbocycles. The van der Waals surface area contributed by atoms with E-state index >= 15 is 0 Å². The van der Waals surface area contributed by atoms with E-state index in [1.54, 1.807) is 7.11 Å². The zero-order chi connectivity index (χ0) is 12.5. The maximum atomic E-state index is 5.26.